The van der Waals surface area contributed by atoms with E-state index in [1.807, 2.05) is 15.5 Å². The second kappa shape index (κ2) is 7.72. The molecule has 1 aromatic rings. The molecule has 2 N–H and O–H groups in total. The van der Waals surface area contributed by atoms with Crippen LogP contribution < -0.4 is 10.9 Å². The Morgan fingerprint density at radius 2 is 2.00 bits per heavy atom. The Hall–Kier alpha value is -2.31. The lowest BCUT2D eigenvalue weighted by Crippen LogP contribution is -2.52. The van der Waals surface area contributed by atoms with Crippen molar-refractivity contribution in [2.24, 2.45) is 5.92 Å². The van der Waals surface area contributed by atoms with Crippen molar-refractivity contribution < 1.29 is 14.7 Å². The predicted molar refractivity (Wildman–Crippen MR) is 92.6 cm³/mol. The molecule has 2 atom stereocenters. The molecule has 0 radical (unpaired) electrons. The number of fused-ring (bicyclic) bond motifs is 4. The monoisotopic (exact) mass is 347 g/mol. The van der Waals surface area contributed by atoms with Gasteiger partial charge in [0.05, 0.1) is 0 Å². The number of piperidine rings is 1. The number of pyridine rings is 1. The van der Waals surface area contributed by atoms with E-state index in [0.29, 0.717) is 38.5 Å². The Balaban J connectivity index is 1.50. The van der Waals surface area contributed by atoms with Gasteiger partial charge in [-0.05, 0) is 31.2 Å². The van der Waals surface area contributed by atoms with E-state index in [9.17, 15) is 14.4 Å². The molecule has 0 unspecified atom stereocenters. The number of aromatic nitrogens is 1. The predicted octanol–water partition coefficient (Wildman–Crippen LogP) is 1.62. The fraction of sp³-hybridized carbons (Fsp3) is 0.611. The van der Waals surface area contributed by atoms with Gasteiger partial charge in [-0.25, -0.2) is 4.79 Å². The molecule has 1 saturated heterocycles. The SMILES string of the molecule is O=C(O)CCCCCNC(=O)N1C[C@@H]2C[C@@H](C1)c1cccc(=O)n1C2. The van der Waals surface area contributed by atoms with Crippen LogP contribution in [0.3, 0.4) is 0 Å². The molecule has 7 heteroatoms. The zero-order valence-corrected chi connectivity index (χ0v) is 14.3. The van der Waals surface area contributed by atoms with E-state index in [4.69, 9.17) is 5.11 Å². The first-order valence-corrected chi connectivity index (χ1v) is 8.99. The Kier molecular flexibility index (Phi) is 5.40. The summed E-state index contributed by atoms with van der Waals surface area (Å²) in [5.41, 5.74) is 1.08. The number of hydrogen-bond donors (Lipinski definition) is 2. The van der Waals surface area contributed by atoms with Gasteiger partial charge in [0, 0.05) is 50.3 Å². The first kappa shape index (κ1) is 17.5. The minimum Gasteiger partial charge on any atom is -0.481 e. The van der Waals surface area contributed by atoms with Crippen LogP contribution in [0.15, 0.2) is 23.0 Å². The molecule has 2 aliphatic rings. The maximum Gasteiger partial charge on any atom is 0.317 e. The molecule has 3 rings (SSSR count). The van der Waals surface area contributed by atoms with Crippen LogP contribution in [0.1, 0.15) is 43.7 Å². The lowest BCUT2D eigenvalue weighted by molar-refractivity contribution is -0.137. The number of hydrogen-bond acceptors (Lipinski definition) is 3. The molecular formula is C18H25N3O4. The van der Waals surface area contributed by atoms with Gasteiger partial charge in [-0.15, -0.1) is 0 Å². The lowest BCUT2D eigenvalue weighted by atomic mass is 9.83. The second-order valence-electron chi connectivity index (χ2n) is 7.04. The average Bonchev–Trinajstić information content (AvgIpc) is 2.58. The van der Waals surface area contributed by atoms with Crippen molar-refractivity contribution in [2.45, 2.75) is 44.6 Å². The molecule has 0 aromatic carbocycles. The molecule has 7 nitrogen and oxygen atoms in total. The standard InChI is InChI=1S/C18H25N3O4/c22-16-6-4-5-15-14-9-13(11-21(15)16)10-20(12-14)18(25)19-8-3-1-2-7-17(23)24/h4-6,13-14H,1-3,7-12H2,(H,19,25)(H,23,24)/t13-,14-/m0/s1. The number of amides is 2. The van der Waals surface area contributed by atoms with Crippen LogP contribution in [-0.4, -0.2) is 46.2 Å². The molecule has 0 saturated carbocycles. The van der Waals surface area contributed by atoms with Gasteiger partial charge in [0.2, 0.25) is 0 Å². The molecule has 2 aliphatic heterocycles. The van der Waals surface area contributed by atoms with E-state index in [0.717, 1.165) is 25.0 Å². The van der Waals surface area contributed by atoms with Crippen LogP contribution in [0, 0.1) is 5.92 Å². The molecule has 1 aromatic heterocycles. The number of carboxylic acid groups (broad SMARTS) is 1. The van der Waals surface area contributed by atoms with Crippen LogP contribution in [0.25, 0.3) is 0 Å². The normalized spacial score (nSPS) is 21.5. The third-order valence-corrected chi connectivity index (χ3v) is 5.11. The van der Waals surface area contributed by atoms with Gasteiger partial charge in [0.1, 0.15) is 0 Å². The van der Waals surface area contributed by atoms with Crippen molar-refractivity contribution in [3.8, 4) is 0 Å². The lowest BCUT2D eigenvalue weighted by Gasteiger charge is -2.42. The number of likely N-dealkylation sites (tertiary alicyclic amines) is 1. The number of unbranched alkanes of at least 4 members (excludes halogenated alkanes) is 2. The Labute approximate surface area is 146 Å². The topological polar surface area (TPSA) is 91.6 Å². The minimum absolute atomic E-state index is 0.0477. The largest absolute Gasteiger partial charge is 0.481 e. The summed E-state index contributed by atoms with van der Waals surface area (Å²) in [6.45, 7) is 2.58. The van der Waals surface area contributed by atoms with E-state index >= 15 is 0 Å². The highest BCUT2D eigenvalue weighted by atomic mass is 16.4. The third-order valence-electron chi connectivity index (χ3n) is 5.11. The van der Waals surface area contributed by atoms with Gasteiger partial charge in [-0.2, -0.15) is 0 Å². The number of aliphatic carboxylic acids is 1. The molecule has 136 valence electrons. The van der Waals surface area contributed by atoms with Gasteiger partial charge < -0.3 is 19.9 Å². The van der Waals surface area contributed by atoms with E-state index in [-0.39, 0.29) is 23.9 Å². The van der Waals surface area contributed by atoms with Crippen LogP contribution in [0.2, 0.25) is 0 Å². The van der Waals surface area contributed by atoms with Gasteiger partial charge >= 0.3 is 12.0 Å². The second-order valence-corrected chi connectivity index (χ2v) is 7.04. The molecule has 0 aliphatic carbocycles. The van der Waals surface area contributed by atoms with Crippen LogP contribution in [0.5, 0.6) is 0 Å². The summed E-state index contributed by atoms with van der Waals surface area (Å²) in [6, 6.07) is 5.33. The number of rotatable bonds is 6. The smallest absolute Gasteiger partial charge is 0.317 e. The first-order valence-electron chi connectivity index (χ1n) is 8.99. The summed E-state index contributed by atoms with van der Waals surface area (Å²) in [5.74, 6) is -0.223. The van der Waals surface area contributed by atoms with E-state index in [1.54, 1.807) is 12.1 Å². The van der Waals surface area contributed by atoms with Crippen LogP contribution >= 0.6 is 0 Å². The van der Waals surface area contributed by atoms with Crippen molar-refractivity contribution in [1.82, 2.24) is 14.8 Å². The van der Waals surface area contributed by atoms with E-state index in [1.165, 1.54) is 0 Å². The summed E-state index contributed by atoms with van der Waals surface area (Å²) < 4.78 is 1.86. The van der Waals surface area contributed by atoms with Gasteiger partial charge in [-0.3, -0.25) is 9.59 Å². The Morgan fingerprint density at radius 1 is 1.16 bits per heavy atom. The molecule has 25 heavy (non-hydrogen) atoms. The first-order chi connectivity index (χ1) is 12.0. The summed E-state index contributed by atoms with van der Waals surface area (Å²) >= 11 is 0. The third kappa shape index (κ3) is 4.21. The van der Waals surface area contributed by atoms with Crippen LogP contribution in [0.4, 0.5) is 4.79 Å². The fourth-order valence-corrected chi connectivity index (χ4v) is 3.95. The highest BCUT2D eigenvalue weighted by molar-refractivity contribution is 5.74. The maximum atomic E-state index is 12.4. The van der Waals surface area contributed by atoms with Gasteiger partial charge in [-0.1, -0.05) is 12.5 Å². The summed E-state index contributed by atoms with van der Waals surface area (Å²) in [5, 5.41) is 11.5. The molecular weight excluding hydrogens is 322 g/mol. The Morgan fingerprint density at radius 3 is 2.80 bits per heavy atom. The zero-order chi connectivity index (χ0) is 17.8. The van der Waals surface area contributed by atoms with Gasteiger partial charge in [0.25, 0.3) is 5.56 Å². The average molecular weight is 347 g/mol. The quantitative estimate of drug-likeness (QED) is 0.765. The van der Waals surface area contributed by atoms with Gasteiger partial charge in [0.15, 0.2) is 0 Å². The van der Waals surface area contributed by atoms with Crippen molar-refractivity contribution in [3.05, 3.63) is 34.2 Å². The zero-order valence-electron chi connectivity index (χ0n) is 14.3. The van der Waals surface area contributed by atoms with Crippen molar-refractivity contribution in [3.63, 3.8) is 0 Å². The molecule has 2 amide bonds. The highest BCUT2D eigenvalue weighted by Crippen LogP contribution is 2.34. The van der Waals surface area contributed by atoms with E-state index in [2.05, 4.69) is 5.32 Å². The number of carbonyl (C=O) groups excluding carboxylic acids is 1. The summed E-state index contributed by atoms with van der Waals surface area (Å²) in [4.78, 5) is 36.7. The number of nitrogens with zero attached hydrogens (tertiary/aromatic N) is 2. The Bertz CT molecular complexity index is 700. The van der Waals surface area contributed by atoms with Crippen LogP contribution in [-0.2, 0) is 11.3 Å². The van der Waals surface area contributed by atoms with E-state index < -0.39 is 5.97 Å². The fourth-order valence-electron chi connectivity index (χ4n) is 3.95. The molecule has 2 bridgehead atoms. The molecule has 3 heterocycles. The molecule has 1 fully saturated rings. The summed E-state index contributed by atoms with van der Waals surface area (Å²) in [7, 11) is 0. The molecule has 0 spiro atoms. The van der Waals surface area contributed by atoms with Crippen molar-refractivity contribution >= 4 is 12.0 Å². The number of carbonyl (C=O) groups is 2. The number of urea groups is 1. The summed E-state index contributed by atoms with van der Waals surface area (Å²) in [6.07, 6.45) is 3.45. The van der Waals surface area contributed by atoms with Crippen molar-refractivity contribution in [1.29, 1.82) is 0 Å². The maximum absolute atomic E-state index is 12.4. The van der Waals surface area contributed by atoms with Crippen molar-refractivity contribution in [2.75, 3.05) is 19.6 Å². The highest BCUT2D eigenvalue weighted by Gasteiger charge is 2.36. The minimum atomic E-state index is -0.775. The number of nitrogens with one attached hydrogen (secondary N) is 1. The number of carboxylic acids is 1.